The highest BCUT2D eigenvalue weighted by Gasteiger charge is 2.16. The summed E-state index contributed by atoms with van der Waals surface area (Å²) in [4.78, 5) is 11.9. The molecule has 1 N–H and O–H groups in total. The summed E-state index contributed by atoms with van der Waals surface area (Å²) in [5, 5.41) is 4.27. The Labute approximate surface area is 147 Å². The summed E-state index contributed by atoms with van der Waals surface area (Å²) in [6, 6.07) is 8.21. The Morgan fingerprint density at radius 1 is 1.29 bits per heavy atom. The Bertz CT molecular complexity index is 785. The van der Waals surface area contributed by atoms with E-state index in [1.54, 1.807) is 6.07 Å². The number of benzene rings is 2. The van der Waals surface area contributed by atoms with Gasteiger partial charge in [-0.15, -0.1) is 0 Å². The van der Waals surface area contributed by atoms with Gasteiger partial charge in [0.2, 0.25) is 0 Å². The van der Waals surface area contributed by atoms with Crippen LogP contribution in [0.5, 0.6) is 5.75 Å². The van der Waals surface area contributed by atoms with Crippen molar-refractivity contribution in [1.29, 1.82) is 0 Å². The van der Waals surface area contributed by atoms with Gasteiger partial charge in [0.05, 0.1) is 11.2 Å². The zero-order valence-electron chi connectivity index (χ0n) is 12.4. The molecule has 126 valence electrons. The monoisotopic (exact) mass is 372 g/mol. The van der Waals surface area contributed by atoms with Gasteiger partial charge >= 0.3 is 0 Å². The van der Waals surface area contributed by atoms with E-state index in [9.17, 15) is 13.6 Å². The third kappa shape index (κ3) is 4.66. The molecule has 8 heteroatoms. The molecule has 2 aromatic rings. The van der Waals surface area contributed by atoms with Crippen molar-refractivity contribution in [2.75, 3.05) is 0 Å². The fourth-order valence-corrected chi connectivity index (χ4v) is 2.14. The van der Waals surface area contributed by atoms with Crippen molar-refractivity contribution in [3.05, 3.63) is 63.6 Å². The van der Waals surface area contributed by atoms with E-state index in [0.29, 0.717) is 5.02 Å². The summed E-state index contributed by atoms with van der Waals surface area (Å²) in [7, 11) is 0. The standard InChI is InChI=1S/C16H12Cl2F2N2O2/c1-9(24-14-6-5-11(17)7-12(14)18)16(23)22-21-8-10-3-2-4-13(19)15(10)20/h2-9H,1H3,(H,22,23)/b21-8+. The fraction of sp³-hybridized carbons (Fsp3) is 0.125. The number of hydrazone groups is 1. The summed E-state index contributed by atoms with van der Waals surface area (Å²) in [5.41, 5.74) is 2.08. The molecule has 0 saturated carbocycles. The number of hydrogen-bond donors (Lipinski definition) is 1. The SMILES string of the molecule is CC(Oc1ccc(Cl)cc1Cl)C(=O)N/N=C/c1cccc(F)c1F. The van der Waals surface area contributed by atoms with Gasteiger partial charge in [0.15, 0.2) is 17.7 Å². The summed E-state index contributed by atoms with van der Waals surface area (Å²) in [6.07, 6.45) is 0.0800. The first kappa shape index (κ1) is 18.2. The van der Waals surface area contributed by atoms with Gasteiger partial charge in [-0.3, -0.25) is 4.79 Å². The number of halogens is 4. The highest BCUT2D eigenvalue weighted by molar-refractivity contribution is 6.35. The lowest BCUT2D eigenvalue weighted by Crippen LogP contribution is -2.33. The van der Waals surface area contributed by atoms with Gasteiger partial charge in [-0.05, 0) is 31.2 Å². The van der Waals surface area contributed by atoms with Gasteiger partial charge in [-0.1, -0.05) is 35.3 Å². The van der Waals surface area contributed by atoms with Gasteiger partial charge < -0.3 is 4.74 Å². The smallest absolute Gasteiger partial charge is 0.280 e. The van der Waals surface area contributed by atoms with E-state index in [-0.39, 0.29) is 16.3 Å². The maximum atomic E-state index is 13.4. The Kier molecular flexibility index (Phi) is 6.11. The number of nitrogens with zero attached hydrogens (tertiary/aromatic N) is 1. The van der Waals surface area contributed by atoms with Crippen molar-refractivity contribution < 1.29 is 18.3 Å². The maximum absolute atomic E-state index is 13.4. The Morgan fingerprint density at radius 3 is 2.75 bits per heavy atom. The lowest BCUT2D eigenvalue weighted by molar-refractivity contribution is -0.127. The Morgan fingerprint density at radius 2 is 2.04 bits per heavy atom. The minimum absolute atomic E-state index is 0.0929. The van der Waals surface area contributed by atoms with E-state index in [0.717, 1.165) is 12.3 Å². The average Bonchev–Trinajstić information content (AvgIpc) is 2.54. The molecular formula is C16H12Cl2F2N2O2. The second kappa shape index (κ2) is 8.08. The van der Waals surface area contributed by atoms with E-state index in [1.807, 2.05) is 0 Å². The molecule has 24 heavy (non-hydrogen) atoms. The number of carbonyl (C=O) groups excluding carboxylic acids is 1. The van der Waals surface area contributed by atoms with Crippen molar-refractivity contribution in [3.63, 3.8) is 0 Å². The molecule has 1 atom stereocenters. The van der Waals surface area contributed by atoms with Crippen molar-refractivity contribution >= 4 is 35.3 Å². The minimum atomic E-state index is -1.05. The molecule has 0 spiro atoms. The van der Waals surface area contributed by atoms with Crippen LogP contribution in [0.15, 0.2) is 41.5 Å². The zero-order chi connectivity index (χ0) is 17.7. The fourth-order valence-electron chi connectivity index (χ4n) is 1.69. The van der Waals surface area contributed by atoms with E-state index in [1.165, 1.54) is 31.2 Å². The summed E-state index contributed by atoms with van der Waals surface area (Å²) < 4.78 is 31.9. The quantitative estimate of drug-likeness (QED) is 0.631. The highest BCUT2D eigenvalue weighted by atomic mass is 35.5. The van der Waals surface area contributed by atoms with Crippen LogP contribution < -0.4 is 10.2 Å². The van der Waals surface area contributed by atoms with Gasteiger partial charge in [-0.2, -0.15) is 5.10 Å². The van der Waals surface area contributed by atoms with Gasteiger partial charge in [0, 0.05) is 10.6 Å². The van der Waals surface area contributed by atoms with E-state index in [2.05, 4.69) is 10.5 Å². The van der Waals surface area contributed by atoms with Crippen molar-refractivity contribution in [1.82, 2.24) is 5.43 Å². The molecule has 0 aliphatic rings. The predicted molar refractivity (Wildman–Crippen MR) is 88.6 cm³/mol. The topological polar surface area (TPSA) is 50.7 Å². The van der Waals surface area contributed by atoms with E-state index < -0.39 is 23.6 Å². The molecule has 0 fully saturated rings. The highest BCUT2D eigenvalue weighted by Crippen LogP contribution is 2.28. The normalized spacial score (nSPS) is 12.2. The molecule has 2 rings (SSSR count). The van der Waals surface area contributed by atoms with Crippen LogP contribution in [0.1, 0.15) is 12.5 Å². The number of ether oxygens (including phenoxy) is 1. The van der Waals surface area contributed by atoms with Gasteiger partial charge in [0.25, 0.3) is 5.91 Å². The van der Waals surface area contributed by atoms with Crippen LogP contribution in [0.25, 0.3) is 0 Å². The molecule has 1 amide bonds. The number of amides is 1. The van der Waals surface area contributed by atoms with Crippen LogP contribution in [-0.4, -0.2) is 18.2 Å². The first-order valence-electron chi connectivity index (χ1n) is 6.77. The van der Waals surface area contributed by atoms with Gasteiger partial charge in [0.1, 0.15) is 5.75 Å². The van der Waals surface area contributed by atoms with Crippen LogP contribution in [0.2, 0.25) is 10.0 Å². The molecule has 4 nitrogen and oxygen atoms in total. The lowest BCUT2D eigenvalue weighted by atomic mass is 10.2. The lowest BCUT2D eigenvalue weighted by Gasteiger charge is -2.14. The van der Waals surface area contributed by atoms with Crippen LogP contribution in [0.4, 0.5) is 8.78 Å². The number of nitrogens with one attached hydrogen (secondary N) is 1. The first-order valence-corrected chi connectivity index (χ1v) is 7.52. The third-order valence-corrected chi connectivity index (χ3v) is 3.46. The molecule has 0 aromatic heterocycles. The van der Waals surface area contributed by atoms with Crippen LogP contribution in [-0.2, 0) is 4.79 Å². The Hall–Kier alpha value is -2.18. The first-order chi connectivity index (χ1) is 11.4. The third-order valence-electron chi connectivity index (χ3n) is 2.93. The molecule has 0 saturated heterocycles. The second-order valence-corrected chi connectivity index (χ2v) is 5.56. The van der Waals surface area contributed by atoms with Crippen molar-refractivity contribution in [3.8, 4) is 5.75 Å². The van der Waals surface area contributed by atoms with E-state index >= 15 is 0 Å². The van der Waals surface area contributed by atoms with E-state index in [4.69, 9.17) is 27.9 Å². The molecule has 0 bridgehead atoms. The predicted octanol–water partition coefficient (Wildman–Crippen LogP) is 4.19. The molecular weight excluding hydrogens is 361 g/mol. The van der Waals surface area contributed by atoms with Crippen LogP contribution >= 0.6 is 23.2 Å². The summed E-state index contributed by atoms with van der Waals surface area (Å²) >= 11 is 11.7. The summed E-state index contributed by atoms with van der Waals surface area (Å²) in [6.45, 7) is 1.48. The molecule has 0 aliphatic heterocycles. The molecule has 0 aliphatic carbocycles. The Balaban J connectivity index is 1.96. The van der Waals surface area contributed by atoms with Crippen LogP contribution in [0, 0.1) is 11.6 Å². The number of rotatable bonds is 5. The van der Waals surface area contributed by atoms with Crippen molar-refractivity contribution in [2.24, 2.45) is 5.10 Å². The van der Waals surface area contributed by atoms with Crippen molar-refractivity contribution in [2.45, 2.75) is 13.0 Å². The average molecular weight is 373 g/mol. The maximum Gasteiger partial charge on any atom is 0.280 e. The van der Waals surface area contributed by atoms with Crippen LogP contribution in [0.3, 0.4) is 0 Å². The van der Waals surface area contributed by atoms with Gasteiger partial charge in [-0.25, -0.2) is 14.2 Å². The number of carbonyl (C=O) groups is 1. The molecule has 0 radical (unpaired) electrons. The number of hydrogen-bond acceptors (Lipinski definition) is 3. The minimum Gasteiger partial charge on any atom is -0.479 e. The largest absolute Gasteiger partial charge is 0.479 e. The summed E-state index contributed by atoms with van der Waals surface area (Å²) in [5.74, 6) is -2.36. The molecule has 0 heterocycles. The zero-order valence-corrected chi connectivity index (χ0v) is 13.9. The molecule has 1 unspecified atom stereocenters. The second-order valence-electron chi connectivity index (χ2n) is 4.71. The molecule has 2 aromatic carbocycles.